The maximum atomic E-state index is 12.9. The van der Waals surface area contributed by atoms with E-state index < -0.39 is 6.29 Å². The Morgan fingerprint density at radius 3 is 2.70 bits per heavy atom. The molecule has 8 heteroatoms. The zero-order valence-corrected chi connectivity index (χ0v) is 10.6. The van der Waals surface area contributed by atoms with Crippen LogP contribution in [0.1, 0.15) is 0 Å². The van der Waals surface area contributed by atoms with E-state index in [9.17, 15) is 8.78 Å². The largest absolute Gasteiger partial charge is 0.586 e. The monoisotopic (exact) mass is 299 g/mol. The molecule has 0 fully saturated rings. The summed E-state index contributed by atoms with van der Waals surface area (Å²) in [6.07, 6.45) is -2.21. The Bertz CT molecular complexity index is 682. The van der Waals surface area contributed by atoms with Crippen LogP contribution >= 0.6 is 11.6 Å². The molecule has 0 amide bonds. The molecular weight excluding hydrogens is 292 g/mol. The quantitative estimate of drug-likeness (QED) is 0.889. The van der Waals surface area contributed by atoms with Gasteiger partial charge < -0.3 is 20.5 Å². The summed E-state index contributed by atoms with van der Waals surface area (Å²) in [6.45, 7) is 0. The zero-order valence-electron chi connectivity index (χ0n) is 9.86. The lowest BCUT2D eigenvalue weighted by Crippen LogP contribution is -2.25. The molecule has 1 aromatic heterocycles. The van der Waals surface area contributed by atoms with E-state index in [0.29, 0.717) is 22.2 Å². The number of nitrogens with one attached hydrogen (secondary N) is 1. The highest BCUT2D eigenvalue weighted by Gasteiger charge is 2.43. The molecule has 0 atom stereocenters. The van der Waals surface area contributed by atoms with Crippen LogP contribution in [-0.4, -0.2) is 11.3 Å². The summed E-state index contributed by atoms with van der Waals surface area (Å²) < 4.78 is 34.4. The van der Waals surface area contributed by atoms with Gasteiger partial charge in [-0.15, -0.1) is 8.78 Å². The highest BCUT2D eigenvalue weighted by molar-refractivity contribution is 6.33. The van der Waals surface area contributed by atoms with Gasteiger partial charge >= 0.3 is 6.29 Å². The average Bonchev–Trinajstić information content (AvgIpc) is 2.66. The van der Waals surface area contributed by atoms with Gasteiger partial charge in [0.1, 0.15) is 5.82 Å². The van der Waals surface area contributed by atoms with Crippen molar-refractivity contribution in [2.75, 3.05) is 11.1 Å². The fraction of sp³-hybridized carbons (Fsp3) is 0.0833. The van der Waals surface area contributed by atoms with Crippen molar-refractivity contribution in [3.8, 4) is 11.5 Å². The minimum atomic E-state index is -3.64. The summed E-state index contributed by atoms with van der Waals surface area (Å²) in [5.74, 6) is 0.259. The molecule has 2 heterocycles. The molecule has 2 aromatic rings. The van der Waals surface area contributed by atoms with Crippen LogP contribution in [0.4, 0.5) is 26.0 Å². The average molecular weight is 300 g/mol. The fourth-order valence-electron chi connectivity index (χ4n) is 1.71. The molecular formula is C12H8ClF2N3O2. The van der Waals surface area contributed by atoms with Crippen LogP contribution in [0.2, 0.25) is 5.02 Å². The summed E-state index contributed by atoms with van der Waals surface area (Å²) in [7, 11) is 0. The molecule has 20 heavy (non-hydrogen) atoms. The molecule has 1 aliphatic heterocycles. The number of nitrogens with zero attached hydrogens (tertiary/aromatic N) is 1. The highest BCUT2D eigenvalue weighted by atomic mass is 35.5. The van der Waals surface area contributed by atoms with Crippen LogP contribution in [0.5, 0.6) is 11.5 Å². The Hall–Kier alpha value is -2.28. The normalized spacial score (nSPS) is 15.2. The van der Waals surface area contributed by atoms with Gasteiger partial charge in [0.15, 0.2) is 11.5 Å². The van der Waals surface area contributed by atoms with Gasteiger partial charge in [0, 0.05) is 11.8 Å². The van der Waals surface area contributed by atoms with Gasteiger partial charge in [-0.2, -0.15) is 0 Å². The first kappa shape index (κ1) is 12.7. The summed E-state index contributed by atoms with van der Waals surface area (Å²) in [5.41, 5.74) is 6.43. The zero-order chi connectivity index (χ0) is 14.3. The maximum absolute atomic E-state index is 12.9. The number of pyridine rings is 1. The van der Waals surface area contributed by atoms with Gasteiger partial charge in [-0.25, -0.2) is 4.98 Å². The van der Waals surface area contributed by atoms with Crippen molar-refractivity contribution in [2.45, 2.75) is 6.29 Å². The number of nitrogen functional groups attached to an aromatic ring is 1. The van der Waals surface area contributed by atoms with Crippen molar-refractivity contribution in [3.63, 3.8) is 0 Å². The van der Waals surface area contributed by atoms with Crippen molar-refractivity contribution >= 4 is 28.8 Å². The molecule has 5 nitrogen and oxygen atoms in total. The third-order valence-electron chi connectivity index (χ3n) is 2.53. The highest BCUT2D eigenvalue weighted by Crippen LogP contribution is 2.42. The smallest absolute Gasteiger partial charge is 0.397 e. The minimum absolute atomic E-state index is 0.0306. The van der Waals surface area contributed by atoms with Gasteiger partial charge in [-0.05, 0) is 18.2 Å². The van der Waals surface area contributed by atoms with E-state index >= 15 is 0 Å². The molecule has 1 aromatic carbocycles. The predicted octanol–water partition coefficient (Wildman–Crippen LogP) is 3.38. The SMILES string of the molecule is Nc1cnc(Nc2ccc3c(c2)OC(F)(F)O3)c(Cl)c1. The fourth-order valence-corrected chi connectivity index (χ4v) is 1.93. The lowest BCUT2D eigenvalue weighted by Gasteiger charge is -2.08. The van der Waals surface area contributed by atoms with E-state index in [1.54, 1.807) is 0 Å². The number of aromatic nitrogens is 1. The van der Waals surface area contributed by atoms with Crippen LogP contribution in [-0.2, 0) is 0 Å². The number of hydrogen-bond donors (Lipinski definition) is 2. The number of alkyl halides is 2. The topological polar surface area (TPSA) is 69.4 Å². The van der Waals surface area contributed by atoms with Gasteiger partial charge in [-0.3, -0.25) is 0 Å². The van der Waals surface area contributed by atoms with Gasteiger partial charge in [0.25, 0.3) is 0 Å². The Labute approximate surface area is 117 Å². The predicted molar refractivity (Wildman–Crippen MR) is 69.6 cm³/mol. The summed E-state index contributed by atoms with van der Waals surface area (Å²) in [4.78, 5) is 4.01. The van der Waals surface area contributed by atoms with E-state index in [4.69, 9.17) is 17.3 Å². The Morgan fingerprint density at radius 1 is 1.20 bits per heavy atom. The van der Waals surface area contributed by atoms with Crippen molar-refractivity contribution in [2.24, 2.45) is 0 Å². The second-order valence-electron chi connectivity index (χ2n) is 4.05. The summed E-state index contributed by atoms with van der Waals surface area (Å²) in [5, 5.41) is 3.19. The maximum Gasteiger partial charge on any atom is 0.586 e. The molecule has 0 radical (unpaired) electrons. The molecule has 1 aliphatic rings. The van der Waals surface area contributed by atoms with E-state index in [2.05, 4.69) is 19.8 Å². The standard InChI is InChI=1S/C12H8ClF2N3O2/c13-8-3-6(16)5-17-11(8)18-7-1-2-9-10(4-7)20-12(14,15)19-9/h1-5H,16H2,(H,17,18). The number of fused-ring (bicyclic) bond motifs is 1. The molecule has 0 bridgehead atoms. The molecule has 0 saturated heterocycles. The van der Waals surface area contributed by atoms with Crippen molar-refractivity contribution < 1.29 is 18.3 Å². The number of rotatable bonds is 2. The van der Waals surface area contributed by atoms with Crippen molar-refractivity contribution in [3.05, 3.63) is 35.5 Å². The van der Waals surface area contributed by atoms with Crippen molar-refractivity contribution in [1.29, 1.82) is 0 Å². The summed E-state index contributed by atoms with van der Waals surface area (Å²) >= 11 is 5.96. The second kappa shape index (κ2) is 4.38. The number of ether oxygens (including phenoxy) is 2. The van der Waals surface area contributed by atoms with Crippen LogP contribution in [0, 0.1) is 0 Å². The summed E-state index contributed by atoms with van der Waals surface area (Å²) in [6, 6.07) is 5.80. The minimum Gasteiger partial charge on any atom is -0.397 e. The Kier molecular flexibility index (Phi) is 2.79. The first-order valence-corrected chi connectivity index (χ1v) is 5.89. The van der Waals surface area contributed by atoms with Crippen LogP contribution < -0.4 is 20.5 Å². The number of halogens is 3. The van der Waals surface area contributed by atoms with Crippen LogP contribution in [0.25, 0.3) is 0 Å². The Morgan fingerprint density at radius 2 is 1.95 bits per heavy atom. The number of benzene rings is 1. The lowest BCUT2D eigenvalue weighted by atomic mass is 10.2. The van der Waals surface area contributed by atoms with Gasteiger partial charge in [-0.1, -0.05) is 11.6 Å². The Balaban J connectivity index is 1.86. The van der Waals surface area contributed by atoms with Gasteiger partial charge in [0.2, 0.25) is 0 Å². The number of nitrogens with two attached hydrogens (primary N) is 1. The number of hydrogen-bond acceptors (Lipinski definition) is 5. The molecule has 3 rings (SSSR count). The number of anilines is 3. The first-order valence-electron chi connectivity index (χ1n) is 5.51. The van der Waals surface area contributed by atoms with Crippen molar-refractivity contribution in [1.82, 2.24) is 4.98 Å². The first-order chi connectivity index (χ1) is 9.43. The van der Waals surface area contributed by atoms with Gasteiger partial charge in [0.05, 0.1) is 16.9 Å². The molecule has 0 aliphatic carbocycles. The van der Waals surface area contributed by atoms with E-state index in [1.165, 1.54) is 30.5 Å². The second-order valence-corrected chi connectivity index (χ2v) is 4.46. The third kappa shape index (κ3) is 2.39. The molecule has 0 unspecified atom stereocenters. The van der Waals surface area contributed by atoms with E-state index in [-0.39, 0.29) is 11.5 Å². The molecule has 0 spiro atoms. The van der Waals surface area contributed by atoms with E-state index in [0.717, 1.165) is 0 Å². The molecule has 0 saturated carbocycles. The third-order valence-corrected chi connectivity index (χ3v) is 2.81. The lowest BCUT2D eigenvalue weighted by molar-refractivity contribution is -0.286. The van der Waals surface area contributed by atoms with E-state index in [1.807, 2.05) is 0 Å². The van der Waals surface area contributed by atoms with Crippen LogP contribution in [0.15, 0.2) is 30.5 Å². The molecule has 3 N–H and O–H groups in total. The van der Waals surface area contributed by atoms with Crippen LogP contribution in [0.3, 0.4) is 0 Å². The molecule has 104 valence electrons.